The summed E-state index contributed by atoms with van der Waals surface area (Å²) in [5.74, 6) is 0. The molecule has 8 nitrogen and oxygen atoms in total. The number of fused-ring (bicyclic) bond motifs is 12. The molecule has 4 heterocycles. The average Bonchev–Trinajstić information content (AvgIpc) is 0.983. The predicted octanol–water partition coefficient (Wildman–Crippen LogP) is 41.0. The Morgan fingerprint density at radius 2 is 0.432 bits per heavy atom. The highest BCUT2D eigenvalue weighted by atomic mass is 16.3. The highest BCUT2D eigenvalue weighted by Crippen LogP contribution is 2.54. The first kappa shape index (κ1) is 88.7. The molecule has 0 N–H and O–H groups in total. The van der Waals surface area contributed by atoms with Gasteiger partial charge >= 0.3 is 0 Å². The zero-order valence-corrected chi connectivity index (χ0v) is 84.7. The summed E-state index contributed by atoms with van der Waals surface area (Å²) in [5.41, 5.74) is 44.3. The minimum Gasteiger partial charge on any atom is -0.455 e. The van der Waals surface area contributed by atoms with Crippen LogP contribution in [0.15, 0.2) is 430 Å². The number of anilines is 12. The molecule has 0 bridgehead atoms. The topological polar surface area (TPSA) is 65.5 Å². The maximum Gasteiger partial charge on any atom is 0.143 e. The quantitative estimate of drug-likeness (QED) is 0.0887. The van der Waals surface area contributed by atoms with E-state index in [1.807, 2.05) is 36.4 Å². The molecule has 148 heavy (non-hydrogen) atoms. The van der Waals surface area contributed by atoms with E-state index in [2.05, 4.69) is 479 Å². The van der Waals surface area contributed by atoms with Crippen LogP contribution in [0.4, 0.5) is 68.2 Å². The Balaban J connectivity index is 0.000000146. The molecule has 0 radical (unpaired) electrons. The van der Waals surface area contributed by atoms with E-state index in [1.54, 1.807) is 0 Å². The van der Waals surface area contributed by atoms with Gasteiger partial charge in [-0.15, -0.1) is 0 Å². The Kier molecular flexibility index (Phi) is 20.8. The lowest BCUT2D eigenvalue weighted by Crippen LogP contribution is -2.13. The van der Waals surface area contributed by atoms with Crippen molar-refractivity contribution >= 4 is 221 Å². The van der Waals surface area contributed by atoms with Crippen LogP contribution in [0.1, 0.15) is 66.8 Å². The number of benzene rings is 24. The Hall–Kier alpha value is -18.2. The molecule has 0 aliphatic carbocycles. The molecule has 0 saturated heterocycles. The number of hydrogen-bond donors (Lipinski definition) is 0. The highest BCUT2D eigenvalue weighted by Gasteiger charge is 2.30. The standard InChI is InChI=1S/C72H56N2O2.C68H48N2O2/c1-41-29-42(2)32-52(31-41)73(65-37-45(5)62(35-47(65)7)59-19-13-17-57-55-15-9-11-21-67(55)75-71(57)59)54-39-50-24-23-49-26-28-64(61-27-25-51(40-54)69(50)70(49)61)74(53-33-43(3)30-44(4)34-53)66-38-46(6)63(36-48(66)8)60-20-14-18-58-56-16-10-12-22-68(56)76-72(58)60;1-41-19-34-60(43(3)37-41)69(50-29-23-45(24-30-50)53-13-9-15-57-55-11-5-7-17-63(55)71-67(53)57)52-39-48-22-21-47-28-36-62(59-33-27-49(40-52)65(48)66(47)59)70(61-35-20-42(2)38-44(61)4)51-31-25-46(26-32-51)54-14-10-16-58-56-12-6-8-18-64(56)72-68(54)58/h9-40H,1-8H3;5-40H,1-4H3. The number of para-hydroxylation sites is 8. The molecule has 0 saturated carbocycles. The van der Waals surface area contributed by atoms with Crippen molar-refractivity contribution in [2.75, 3.05) is 19.6 Å². The molecule has 0 spiro atoms. The van der Waals surface area contributed by atoms with Crippen molar-refractivity contribution < 1.29 is 17.7 Å². The first-order valence-corrected chi connectivity index (χ1v) is 51.3. The van der Waals surface area contributed by atoms with Gasteiger partial charge in [0.1, 0.15) is 44.7 Å². The molecule has 0 aliphatic rings. The molecule has 0 aliphatic heterocycles. The van der Waals surface area contributed by atoms with E-state index >= 15 is 0 Å². The molecular weight excluding hydrogens is 1800 g/mol. The average molecular weight is 1910 g/mol. The van der Waals surface area contributed by atoms with Crippen LogP contribution in [0.25, 0.3) is 197 Å². The van der Waals surface area contributed by atoms with E-state index in [-0.39, 0.29) is 0 Å². The monoisotopic (exact) mass is 1900 g/mol. The summed E-state index contributed by atoms with van der Waals surface area (Å²) >= 11 is 0. The van der Waals surface area contributed by atoms with Gasteiger partial charge in [0, 0.05) is 133 Å². The summed E-state index contributed by atoms with van der Waals surface area (Å²) in [4.78, 5) is 9.83. The van der Waals surface area contributed by atoms with Crippen molar-refractivity contribution in [1.29, 1.82) is 0 Å². The van der Waals surface area contributed by atoms with E-state index in [9.17, 15) is 0 Å². The summed E-state index contributed by atoms with van der Waals surface area (Å²) in [6.45, 7) is 26.5. The minimum atomic E-state index is 0.904. The molecule has 28 aromatic rings. The van der Waals surface area contributed by atoms with Crippen LogP contribution in [0.5, 0.6) is 0 Å². The van der Waals surface area contributed by atoms with E-state index in [0.29, 0.717) is 0 Å². The van der Waals surface area contributed by atoms with Crippen LogP contribution < -0.4 is 19.6 Å². The van der Waals surface area contributed by atoms with Crippen molar-refractivity contribution in [3.05, 3.63) is 479 Å². The largest absolute Gasteiger partial charge is 0.455 e. The third-order valence-corrected chi connectivity index (χ3v) is 30.9. The Bertz CT molecular complexity index is 10200. The fourth-order valence-electron chi connectivity index (χ4n) is 24.3. The van der Waals surface area contributed by atoms with Gasteiger partial charge < -0.3 is 37.3 Å². The molecule has 24 aromatic carbocycles. The third kappa shape index (κ3) is 14.7. The van der Waals surface area contributed by atoms with Gasteiger partial charge in [0.2, 0.25) is 0 Å². The van der Waals surface area contributed by atoms with Crippen LogP contribution in [-0.2, 0) is 0 Å². The number of rotatable bonds is 16. The van der Waals surface area contributed by atoms with Crippen molar-refractivity contribution in [2.24, 2.45) is 0 Å². The lowest BCUT2D eigenvalue weighted by molar-refractivity contribution is 0.669. The second kappa shape index (κ2) is 34.8. The van der Waals surface area contributed by atoms with Crippen LogP contribution in [0, 0.1) is 83.1 Å². The van der Waals surface area contributed by atoms with Crippen LogP contribution >= 0.6 is 0 Å². The maximum absolute atomic E-state index is 6.59. The fraction of sp³-hybridized carbons (Fsp3) is 0.0857. The number of nitrogens with zero attached hydrogens (tertiary/aromatic N) is 4. The van der Waals surface area contributed by atoms with Gasteiger partial charge in [-0.05, 0) is 360 Å². The molecule has 28 rings (SSSR count). The fourth-order valence-corrected chi connectivity index (χ4v) is 24.3. The second-order valence-corrected chi connectivity index (χ2v) is 41.0. The molecule has 8 heteroatoms. The minimum absolute atomic E-state index is 0.904. The summed E-state index contributed by atoms with van der Waals surface area (Å²) in [7, 11) is 0. The lowest BCUT2D eigenvalue weighted by atomic mass is 9.91. The molecule has 0 fully saturated rings. The van der Waals surface area contributed by atoms with Crippen molar-refractivity contribution in [2.45, 2.75) is 83.1 Å². The van der Waals surface area contributed by atoms with Gasteiger partial charge in [0.05, 0.1) is 11.4 Å². The van der Waals surface area contributed by atoms with Gasteiger partial charge in [0.15, 0.2) is 0 Å². The summed E-state index contributed by atoms with van der Waals surface area (Å²) in [6, 6.07) is 151. The molecular formula is C140H104N4O4. The Labute approximate surface area is 858 Å². The zero-order chi connectivity index (χ0) is 99.9. The van der Waals surface area contributed by atoms with Crippen LogP contribution in [0.3, 0.4) is 0 Å². The lowest BCUT2D eigenvalue weighted by Gasteiger charge is -2.31. The van der Waals surface area contributed by atoms with E-state index in [4.69, 9.17) is 17.7 Å². The van der Waals surface area contributed by atoms with E-state index < -0.39 is 0 Å². The SMILES string of the molecule is Cc1cc(C)cc(N(c2cc3ccc4ccc(N(c5cc(C)cc(C)c5)c5cc(C)c(-c6cccc7c6oc6ccccc67)cc5C)c5ccc(c2)c3c45)c2cc(C)c(-c3cccc4c3oc3ccccc34)cc2C)c1.Cc1ccc(N(c2ccc(-c3cccc4c3oc3ccccc34)cc2)c2cc3ccc4ccc(N(c5ccc(-c6cccc7c6oc6ccccc67)cc5)c5ccc(C)cc5C)c5ccc(c2)c3c45)c(C)c1. The smallest absolute Gasteiger partial charge is 0.143 e. The van der Waals surface area contributed by atoms with Gasteiger partial charge in [0.25, 0.3) is 0 Å². The summed E-state index contributed by atoms with van der Waals surface area (Å²) < 4.78 is 26.1. The van der Waals surface area contributed by atoms with E-state index in [1.165, 1.54) is 143 Å². The highest BCUT2D eigenvalue weighted by molar-refractivity contribution is 6.29. The first-order valence-electron chi connectivity index (χ1n) is 51.3. The van der Waals surface area contributed by atoms with Gasteiger partial charge in [-0.25, -0.2) is 0 Å². The normalized spacial score (nSPS) is 11.9. The molecule has 0 amide bonds. The maximum atomic E-state index is 6.59. The van der Waals surface area contributed by atoms with Crippen molar-refractivity contribution in [3.63, 3.8) is 0 Å². The first-order chi connectivity index (χ1) is 72.3. The Morgan fingerprint density at radius 3 is 0.818 bits per heavy atom. The van der Waals surface area contributed by atoms with Gasteiger partial charge in [-0.1, -0.05) is 278 Å². The molecule has 708 valence electrons. The summed E-state index contributed by atoms with van der Waals surface area (Å²) in [6.07, 6.45) is 0. The number of aryl methyl sites for hydroxylation is 12. The zero-order valence-electron chi connectivity index (χ0n) is 84.7. The summed E-state index contributed by atoms with van der Waals surface area (Å²) in [5, 5.41) is 23.8. The Morgan fingerprint density at radius 1 is 0.149 bits per heavy atom. The molecule has 0 atom stereocenters. The van der Waals surface area contributed by atoms with Crippen molar-refractivity contribution in [3.8, 4) is 44.5 Å². The van der Waals surface area contributed by atoms with Crippen molar-refractivity contribution in [1.82, 2.24) is 0 Å². The second-order valence-electron chi connectivity index (χ2n) is 41.0. The van der Waals surface area contributed by atoms with E-state index in [0.717, 1.165) is 189 Å². The molecule has 4 aromatic heterocycles. The predicted molar refractivity (Wildman–Crippen MR) is 627 cm³/mol. The van der Waals surface area contributed by atoms with Crippen LogP contribution in [-0.4, -0.2) is 0 Å². The van der Waals surface area contributed by atoms with Crippen LogP contribution in [0.2, 0.25) is 0 Å². The number of furan rings is 4. The van der Waals surface area contributed by atoms with Gasteiger partial charge in [-0.3, -0.25) is 0 Å². The third-order valence-electron chi connectivity index (χ3n) is 30.9. The molecule has 0 unspecified atom stereocenters. The number of hydrogen-bond acceptors (Lipinski definition) is 8. The van der Waals surface area contributed by atoms with Gasteiger partial charge in [-0.2, -0.15) is 0 Å².